The highest BCUT2D eigenvalue weighted by Gasteiger charge is 2.38. The molecule has 5 heteroatoms. The number of aryl methyl sites for hydroxylation is 1. The maximum absolute atomic E-state index is 12.6. The van der Waals surface area contributed by atoms with Gasteiger partial charge in [0.2, 0.25) is 0 Å². The standard InChI is InChI=1S/C13H15ClF3N/c1-9-6-12(3-2-10(9)7-14)18(11-4-5-11)8-13(15,16)17/h2-3,6,11H,4-5,7-8H2,1H3. The van der Waals surface area contributed by atoms with Crippen molar-refractivity contribution < 1.29 is 13.2 Å². The fourth-order valence-corrected chi connectivity index (χ4v) is 2.32. The van der Waals surface area contributed by atoms with Crippen LogP contribution in [0.1, 0.15) is 24.0 Å². The molecule has 0 saturated heterocycles. The lowest BCUT2D eigenvalue weighted by Crippen LogP contribution is -2.36. The van der Waals surface area contributed by atoms with Crippen LogP contribution in [0.2, 0.25) is 0 Å². The zero-order valence-corrected chi connectivity index (χ0v) is 10.9. The molecule has 0 radical (unpaired) electrons. The molecule has 18 heavy (non-hydrogen) atoms. The van der Waals surface area contributed by atoms with Crippen molar-refractivity contribution >= 4 is 17.3 Å². The molecule has 0 unspecified atom stereocenters. The third-order valence-electron chi connectivity index (χ3n) is 3.14. The summed E-state index contributed by atoms with van der Waals surface area (Å²) < 4.78 is 37.7. The van der Waals surface area contributed by atoms with Crippen LogP contribution in [0.25, 0.3) is 0 Å². The van der Waals surface area contributed by atoms with Crippen molar-refractivity contribution in [2.45, 2.75) is 37.9 Å². The highest BCUT2D eigenvalue weighted by atomic mass is 35.5. The molecule has 1 aliphatic rings. The average Bonchev–Trinajstić information content (AvgIpc) is 3.08. The zero-order chi connectivity index (χ0) is 13.3. The topological polar surface area (TPSA) is 3.24 Å². The predicted octanol–water partition coefficient (Wildman–Crippen LogP) is 4.26. The highest BCUT2D eigenvalue weighted by molar-refractivity contribution is 6.17. The second kappa shape index (κ2) is 5.00. The zero-order valence-electron chi connectivity index (χ0n) is 10.1. The van der Waals surface area contributed by atoms with Gasteiger partial charge in [0.05, 0.1) is 0 Å². The largest absolute Gasteiger partial charge is 0.405 e. The van der Waals surface area contributed by atoms with Gasteiger partial charge < -0.3 is 4.90 Å². The molecule has 1 aliphatic carbocycles. The van der Waals surface area contributed by atoms with Gasteiger partial charge in [0.25, 0.3) is 0 Å². The number of benzene rings is 1. The fourth-order valence-electron chi connectivity index (χ4n) is 2.02. The van der Waals surface area contributed by atoms with Crippen LogP contribution < -0.4 is 4.90 Å². The number of rotatable bonds is 4. The van der Waals surface area contributed by atoms with Crippen LogP contribution in [0.4, 0.5) is 18.9 Å². The minimum Gasteiger partial charge on any atom is -0.360 e. The monoisotopic (exact) mass is 277 g/mol. The number of halogens is 4. The molecule has 0 atom stereocenters. The molecule has 0 amide bonds. The fraction of sp³-hybridized carbons (Fsp3) is 0.538. The van der Waals surface area contributed by atoms with Crippen LogP contribution in [-0.2, 0) is 5.88 Å². The third kappa shape index (κ3) is 3.31. The van der Waals surface area contributed by atoms with E-state index in [1.165, 1.54) is 4.90 Å². The molecular weight excluding hydrogens is 263 g/mol. The molecule has 0 heterocycles. The van der Waals surface area contributed by atoms with E-state index in [2.05, 4.69) is 0 Å². The van der Waals surface area contributed by atoms with Crippen molar-refractivity contribution in [3.05, 3.63) is 29.3 Å². The summed E-state index contributed by atoms with van der Waals surface area (Å²) in [4.78, 5) is 1.45. The first-order chi connectivity index (χ1) is 8.40. The molecule has 1 fully saturated rings. The maximum Gasteiger partial charge on any atom is 0.405 e. The Labute approximate surface area is 110 Å². The Morgan fingerprint density at radius 1 is 1.33 bits per heavy atom. The van der Waals surface area contributed by atoms with Crippen LogP contribution in [-0.4, -0.2) is 18.8 Å². The highest BCUT2D eigenvalue weighted by Crippen LogP contribution is 2.35. The van der Waals surface area contributed by atoms with E-state index >= 15 is 0 Å². The van der Waals surface area contributed by atoms with Crippen molar-refractivity contribution in [3.8, 4) is 0 Å². The van der Waals surface area contributed by atoms with Gasteiger partial charge in [-0.25, -0.2) is 0 Å². The van der Waals surface area contributed by atoms with Crippen molar-refractivity contribution in [1.82, 2.24) is 0 Å². The minimum atomic E-state index is -4.17. The SMILES string of the molecule is Cc1cc(N(CC(F)(F)F)C2CC2)ccc1CCl. The number of nitrogens with zero attached hydrogens (tertiary/aromatic N) is 1. The molecular formula is C13H15ClF3N. The molecule has 0 spiro atoms. The molecule has 1 aromatic rings. The summed E-state index contributed by atoms with van der Waals surface area (Å²) in [6.07, 6.45) is -2.49. The van der Waals surface area contributed by atoms with Gasteiger partial charge in [0.1, 0.15) is 6.54 Å². The van der Waals surface area contributed by atoms with E-state index in [1.807, 2.05) is 13.0 Å². The Bertz CT molecular complexity index is 427. The van der Waals surface area contributed by atoms with E-state index < -0.39 is 12.7 Å². The van der Waals surface area contributed by atoms with Crippen LogP contribution in [0, 0.1) is 6.92 Å². The Morgan fingerprint density at radius 2 is 2.00 bits per heavy atom. The lowest BCUT2D eigenvalue weighted by Gasteiger charge is -2.26. The summed E-state index contributed by atoms with van der Waals surface area (Å²) >= 11 is 5.75. The van der Waals surface area contributed by atoms with Gasteiger partial charge in [-0.1, -0.05) is 6.07 Å². The van der Waals surface area contributed by atoms with Gasteiger partial charge in [-0.3, -0.25) is 0 Å². The van der Waals surface area contributed by atoms with Crippen LogP contribution in [0.15, 0.2) is 18.2 Å². The Morgan fingerprint density at radius 3 is 2.44 bits per heavy atom. The Balaban J connectivity index is 2.23. The lowest BCUT2D eigenvalue weighted by atomic mass is 10.1. The summed E-state index contributed by atoms with van der Waals surface area (Å²) in [6, 6.07) is 5.37. The smallest absolute Gasteiger partial charge is 0.360 e. The third-order valence-corrected chi connectivity index (χ3v) is 3.43. The lowest BCUT2D eigenvalue weighted by molar-refractivity contribution is -0.120. The van der Waals surface area contributed by atoms with E-state index in [0.29, 0.717) is 11.6 Å². The van der Waals surface area contributed by atoms with E-state index in [-0.39, 0.29) is 6.04 Å². The summed E-state index contributed by atoms with van der Waals surface area (Å²) in [5.74, 6) is 0.384. The quantitative estimate of drug-likeness (QED) is 0.743. The van der Waals surface area contributed by atoms with Gasteiger partial charge in [0.15, 0.2) is 0 Å². The molecule has 100 valence electrons. The number of hydrogen-bond acceptors (Lipinski definition) is 1. The van der Waals surface area contributed by atoms with Gasteiger partial charge >= 0.3 is 6.18 Å². The summed E-state index contributed by atoms with van der Waals surface area (Å²) in [5, 5.41) is 0. The molecule has 0 aliphatic heterocycles. The molecule has 1 nitrogen and oxygen atoms in total. The van der Waals surface area contributed by atoms with Crippen molar-refractivity contribution in [2.75, 3.05) is 11.4 Å². The number of alkyl halides is 4. The van der Waals surface area contributed by atoms with Crippen LogP contribution >= 0.6 is 11.6 Å². The second-order valence-corrected chi connectivity index (χ2v) is 4.99. The first-order valence-electron chi connectivity index (χ1n) is 5.89. The Hall–Kier alpha value is -0.900. The average molecular weight is 278 g/mol. The summed E-state index contributed by atoms with van der Waals surface area (Å²) in [6.45, 7) is 0.997. The van der Waals surface area contributed by atoms with Gasteiger partial charge in [0, 0.05) is 17.6 Å². The summed E-state index contributed by atoms with van der Waals surface area (Å²) in [5.41, 5.74) is 2.54. The van der Waals surface area contributed by atoms with E-state index in [9.17, 15) is 13.2 Å². The van der Waals surface area contributed by atoms with Gasteiger partial charge in [-0.05, 0) is 43.0 Å². The van der Waals surface area contributed by atoms with Crippen molar-refractivity contribution in [3.63, 3.8) is 0 Å². The molecule has 1 aromatic carbocycles. The maximum atomic E-state index is 12.6. The van der Waals surface area contributed by atoms with Gasteiger partial charge in [-0.2, -0.15) is 13.2 Å². The first kappa shape index (κ1) is 13.5. The number of anilines is 1. The second-order valence-electron chi connectivity index (χ2n) is 4.72. The molecule has 0 bridgehead atoms. The summed E-state index contributed by atoms with van der Waals surface area (Å²) in [7, 11) is 0. The molecule has 1 saturated carbocycles. The van der Waals surface area contributed by atoms with Crippen molar-refractivity contribution in [1.29, 1.82) is 0 Å². The minimum absolute atomic E-state index is 0.0351. The number of hydrogen-bond donors (Lipinski definition) is 0. The Kier molecular flexibility index (Phi) is 3.76. The van der Waals surface area contributed by atoms with E-state index in [0.717, 1.165) is 24.0 Å². The van der Waals surface area contributed by atoms with Crippen LogP contribution in [0.5, 0.6) is 0 Å². The van der Waals surface area contributed by atoms with Crippen molar-refractivity contribution in [2.24, 2.45) is 0 Å². The molecule has 0 aromatic heterocycles. The molecule has 2 rings (SSSR count). The molecule has 0 N–H and O–H groups in total. The predicted molar refractivity (Wildman–Crippen MR) is 67.2 cm³/mol. The van der Waals surface area contributed by atoms with E-state index in [1.54, 1.807) is 12.1 Å². The van der Waals surface area contributed by atoms with E-state index in [4.69, 9.17) is 11.6 Å². The normalized spacial score (nSPS) is 15.8. The van der Waals surface area contributed by atoms with Crippen LogP contribution in [0.3, 0.4) is 0 Å². The van der Waals surface area contributed by atoms with Gasteiger partial charge in [-0.15, -0.1) is 11.6 Å². The first-order valence-corrected chi connectivity index (χ1v) is 6.43.